The van der Waals surface area contributed by atoms with Gasteiger partial charge in [0.25, 0.3) is 0 Å². The predicted molar refractivity (Wildman–Crippen MR) is 76.6 cm³/mol. The monoisotopic (exact) mass is 302 g/mol. The van der Waals surface area contributed by atoms with Crippen LogP contribution >= 0.6 is 28.6 Å². The molecule has 0 saturated heterocycles. The molecule has 0 fully saturated rings. The van der Waals surface area contributed by atoms with Crippen LogP contribution in [0, 0.1) is 18.8 Å². The van der Waals surface area contributed by atoms with Crippen molar-refractivity contribution in [3.05, 3.63) is 28.2 Å². The first-order chi connectivity index (χ1) is 7.54. The third kappa shape index (κ3) is 4.02. The Hall–Kier alpha value is -0.150. The molecule has 0 amide bonds. The summed E-state index contributed by atoms with van der Waals surface area (Å²) in [4.78, 5) is 0. The van der Waals surface area contributed by atoms with Crippen LogP contribution in [0.2, 0.25) is 0 Å². The van der Waals surface area contributed by atoms with Crippen molar-refractivity contribution in [2.75, 3.05) is 12.4 Å². The van der Waals surface area contributed by atoms with Crippen LogP contribution < -0.4 is 4.74 Å². The first kappa shape index (κ1) is 13.9. The van der Waals surface area contributed by atoms with E-state index in [4.69, 9.17) is 4.74 Å². The summed E-state index contributed by atoms with van der Waals surface area (Å²) in [6, 6.07) is 6.09. The van der Waals surface area contributed by atoms with Crippen LogP contribution in [0.15, 0.2) is 22.7 Å². The number of hydrogen-bond donors (Lipinski definition) is 1. The van der Waals surface area contributed by atoms with Crippen molar-refractivity contribution in [2.45, 2.75) is 20.8 Å². The molecule has 0 saturated carbocycles. The highest BCUT2D eigenvalue weighted by Gasteiger charge is 2.12. The molecular weight excluding hydrogens is 284 g/mol. The number of halogens is 1. The second-order valence-corrected chi connectivity index (χ2v) is 5.69. The molecule has 0 bridgehead atoms. The Balaban J connectivity index is 2.60. The quantitative estimate of drug-likeness (QED) is 0.796. The van der Waals surface area contributed by atoms with Crippen LogP contribution in [0.3, 0.4) is 0 Å². The third-order valence-electron chi connectivity index (χ3n) is 2.77. The van der Waals surface area contributed by atoms with Gasteiger partial charge in [-0.15, -0.1) is 0 Å². The zero-order valence-electron chi connectivity index (χ0n) is 10.0. The summed E-state index contributed by atoms with van der Waals surface area (Å²) in [6.45, 7) is 7.21. The summed E-state index contributed by atoms with van der Waals surface area (Å²) >= 11 is 7.80. The van der Waals surface area contributed by atoms with E-state index in [-0.39, 0.29) is 0 Å². The number of thiol groups is 1. The van der Waals surface area contributed by atoms with Gasteiger partial charge in [0.15, 0.2) is 0 Å². The largest absolute Gasteiger partial charge is 0.493 e. The molecule has 0 aliphatic heterocycles. The highest BCUT2D eigenvalue weighted by molar-refractivity contribution is 9.10. The second kappa shape index (κ2) is 6.55. The minimum absolute atomic E-state index is 0.506. The molecule has 1 atom stereocenters. The normalized spacial score (nSPS) is 12.9. The third-order valence-corrected chi connectivity index (χ3v) is 3.73. The van der Waals surface area contributed by atoms with Gasteiger partial charge < -0.3 is 4.74 Å². The lowest BCUT2D eigenvalue weighted by Crippen LogP contribution is -2.19. The van der Waals surface area contributed by atoms with Crippen molar-refractivity contribution in [1.82, 2.24) is 0 Å². The lowest BCUT2D eigenvalue weighted by Gasteiger charge is -2.19. The maximum absolute atomic E-state index is 5.84. The van der Waals surface area contributed by atoms with Gasteiger partial charge in [0.05, 0.1) is 6.61 Å². The second-order valence-electron chi connectivity index (χ2n) is 4.41. The van der Waals surface area contributed by atoms with E-state index in [0.29, 0.717) is 11.8 Å². The molecule has 0 aliphatic carbocycles. The van der Waals surface area contributed by atoms with E-state index in [1.54, 1.807) is 0 Å². The molecule has 0 spiro atoms. The molecule has 1 rings (SSSR count). The van der Waals surface area contributed by atoms with Crippen molar-refractivity contribution >= 4 is 28.6 Å². The molecule has 90 valence electrons. The average molecular weight is 303 g/mol. The molecule has 0 heterocycles. The van der Waals surface area contributed by atoms with E-state index >= 15 is 0 Å². The van der Waals surface area contributed by atoms with E-state index in [1.165, 1.54) is 0 Å². The Morgan fingerprint density at radius 2 is 2.06 bits per heavy atom. The van der Waals surface area contributed by atoms with Crippen LogP contribution in [0.1, 0.15) is 19.4 Å². The number of hydrogen-bond acceptors (Lipinski definition) is 2. The van der Waals surface area contributed by atoms with Gasteiger partial charge in [0.2, 0.25) is 0 Å². The molecule has 0 aromatic heterocycles. The molecule has 0 radical (unpaired) electrons. The van der Waals surface area contributed by atoms with Crippen molar-refractivity contribution in [1.29, 1.82) is 0 Å². The van der Waals surface area contributed by atoms with Gasteiger partial charge in [-0.2, -0.15) is 12.6 Å². The first-order valence-corrected chi connectivity index (χ1v) is 6.97. The van der Waals surface area contributed by atoms with Gasteiger partial charge in [-0.25, -0.2) is 0 Å². The fourth-order valence-corrected chi connectivity index (χ4v) is 2.43. The molecule has 1 nitrogen and oxygen atoms in total. The molecule has 1 unspecified atom stereocenters. The van der Waals surface area contributed by atoms with Crippen LogP contribution in [0.4, 0.5) is 0 Å². The fraction of sp³-hybridized carbons (Fsp3) is 0.538. The zero-order valence-corrected chi connectivity index (χ0v) is 12.5. The van der Waals surface area contributed by atoms with Crippen molar-refractivity contribution < 1.29 is 4.74 Å². The summed E-state index contributed by atoms with van der Waals surface area (Å²) in [5, 5.41) is 0. The van der Waals surface area contributed by atoms with Crippen LogP contribution in [0.5, 0.6) is 5.75 Å². The number of benzene rings is 1. The first-order valence-electron chi connectivity index (χ1n) is 5.54. The number of aryl methyl sites for hydroxylation is 1. The Kier molecular flexibility index (Phi) is 5.70. The van der Waals surface area contributed by atoms with Crippen molar-refractivity contribution in [2.24, 2.45) is 11.8 Å². The summed E-state index contributed by atoms with van der Waals surface area (Å²) in [5.41, 5.74) is 1.16. The van der Waals surface area contributed by atoms with Gasteiger partial charge in [-0.3, -0.25) is 0 Å². The smallest absolute Gasteiger partial charge is 0.122 e. The molecule has 3 heteroatoms. The van der Waals surface area contributed by atoms with Crippen LogP contribution in [-0.4, -0.2) is 12.4 Å². The van der Waals surface area contributed by atoms with Gasteiger partial charge >= 0.3 is 0 Å². The minimum Gasteiger partial charge on any atom is -0.493 e. The Labute approximate surface area is 112 Å². The molecule has 0 aliphatic rings. The SMILES string of the molecule is Cc1cc(Br)ccc1OCC(CS)C(C)C. The van der Waals surface area contributed by atoms with Crippen molar-refractivity contribution in [3.63, 3.8) is 0 Å². The van der Waals surface area contributed by atoms with Gasteiger partial charge in [-0.05, 0) is 42.4 Å². The average Bonchev–Trinajstić information content (AvgIpc) is 2.21. The van der Waals surface area contributed by atoms with Crippen LogP contribution in [0.25, 0.3) is 0 Å². The molecular formula is C13H19BrOS. The Morgan fingerprint density at radius 3 is 2.56 bits per heavy atom. The van der Waals surface area contributed by atoms with E-state index in [1.807, 2.05) is 12.1 Å². The van der Waals surface area contributed by atoms with Gasteiger partial charge in [0, 0.05) is 10.4 Å². The highest BCUT2D eigenvalue weighted by Crippen LogP contribution is 2.23. The Morgan fingerprint density at radius 1 is 1.38 bits per heavy atom. The summed E-state index contributed by atoms with van der Waals surface area (Å²) in [7, 11) is 0. The summed E-state index contributed by atoms with van der Waals surface area (Å²) in [6.07, 6.45) is 0. The standard InChI is InChI=1S/C13H19BrOS/c1-9(2)11(8-16)7-15-13-5-4-12(14)6-10(13)3/h4-6,9,11,16H,7-8H2,1-3H3. The van der Waals surface area contributed by atoms with E-state index in [2.05, 4.69) is 55.4 Å². The lowest BCUT2D eigenvalue weighted by molar-refractivity contribution is 0.226. The molecule has 16 heavy (non-hydrogen) atoms. The summed E-state index contributed by atoms with van der Waals surface area (Å²) in [5.74, 6) is 2.95. The van der Waals surface area contributed by atoms with Crippen molar-refractivity contribution in [3.8, 4) is 5.75 Å². The van der Waals surface area contributed by atoms with Gasteiger partial charge in [-0.1, -0.05) is 29.8 Å². The maximum atomic E-state index is 5.84. The predicted octanol–water partition coefficient (Wildman–Crippen LogP) is 4.34. The van der Waals surface area contributed by atoms with E-state index < -0.39 is 0 Å². The van der Waals surface area contributed by atoms with E-state index in [0.717, 1.165) is 28.1 Å². The minimum atomic E-state index is 0.506. The summed E-state index contributed by atoms with van der Waals surface area (Å²) < 4.78 is 6.93. The number of ether oxygens (including phenoxy) is 1. The topological polar surface area (TPSA) is 9.23 Å². The van der Waals surface area contributed by atoms with Crippen LogP contribution in [-0.2, 0) is 0 Å². The fourth-order valence-electron chi connectivity index (χ4n) is 1.43. The molecule has 1 aromatic carbocycles. The zero-order chi connectivity index (χ0) is 12.1. The molecule has 1 aromatic rings. The molecule has 0 N–H and O–H groups in total. The number of rotatable bonds is 5. The van der Waals surface area contributed by atoms with E-state index in [9.17, 15) is 0 Å². The van der Waals surface area contributed by atoms with Gasteiger partial charge in [0.1, 0.15) is 5.75 Å². The Bertz CT molecular complexity index is 339. The lowest BCUT2D eigenvalue weighted by atomic mass is 9.99. The maximum Gasteiger partial charge on any atom is 0.122 e. The highest BCUT2D eigenvalue weighted by atomic mass is 79.9.